The third kappa shape index (κ3) is 4.77. The van der Waals surface area contributed by atoms with Crippen molar-refractivity contribution in [3.05, 3.63) is 0 Å². The summed E-state index contributed by atoms with van der Waals surface area (Å²) in [5.41, 5.74) is -0.139. The summed E-state index contributed by atoms with van der Waals surface area (Å²) in [4.78, 5) is 12.5. The van der Waals surface area contributed by atoms with Crippen LogP contribution in [0.3, 0.4) is 0 Å². The second-order valence-corrected chi connectivity index (χ2v) is 6.63. The van der Waals surface area contributed by atoms with Crippen molar-refractivity contribution in [1.82, 2.24) is 10.6 Å². The zero-order valence-electron chi connectivity index (χ0n) is 12.7. The van der Waals surface area contributed by atoms with Gasteiger partial charge < -0.3 is 15.7 Å². The summed E-state index contributed by atoms with van der Waals surface area (Å²) in [6.07, 6.45) is 4.68. The van der Waals surface area contributed by atoms with Crippen molar-refractivity contribution in [3.63, 3.8) is 0 Å². The first-order valence-electron chi connectivity index (χ1n) is 7.56. The van der Waals surface area contributed by atoms with Crippen LogP contribution in [0.4, 0.5) is 0 Å². The molecule has 1 rings (SSSR count). The van der Waals surface area contributed by atoms with E-state index in [1.165, 1.54) is 0 Å². The van der Waals surface area contributed by atoms with E-state index >= 15 is 0 Å². The van der Waals surface area contributed by atoms with E-state index in [2.05, 4.69) is 31.4 Å². The van der Waals surface area contributed by atoms with Gasteiger partial charge in [-0.3, -0.25) is 4.79 Å². The van der Waals surface area contributed by atoms with Crippen molar-refractivity contribution in [1.29, 1.82) is 0 Å². The first-order valence-corrected chi connectivity index (χ1v) is 7.56. The Morgan fingerprint density at radius 1 is 1.47 bits per heavy atom. The molecule has 3 N–H and O–H groups in total. The number of aliphatic hydroxyl groups excluding tert-OH is 1. The van der Waals surface area contributed by atoms with Crippen LogP contribution in [0.5, 0.6) is 0 Å². The molecule has 0 bridgehead atoms. The number of carbonyl (C=O) groups is 1. The molecule has 0 saturated carbocycles. The fourth-order valence-electron chi connectivity index (χ4n) is 2.90. The molecule has 0 aliphatic carbocycles. The van der Waals surface area contributed by atoms with Crippen molar-refractivity contribution in [3.8, 4) is 0 Å². The molecule has 0 aromatic carbocycles. The molecule has 4 nitrogen and oxygen atoms in total. The molecule has 19 heavy (non-hydrogen) atoms. The number of nitrogens with one attached hydrogen (secondary N) is 2. The van der Waals surface area contributed by atoms with Gasteiger partial charge in [-0.15, -0.1) is 0 Å². The van der Waals surface area contributed by atoms with Crippen molar-refractivity contribution in [2.75, 3.05) is 26.2 Å². The standard InChI is InChI=1S/C15H30N2O2/c1-4-6-15(8-9-16-12-15)13(19)17-11-14(2,3)7-5-10-18/h16,18H,4-12H2,1-3H3,(H,17,19). The molecule has 0 aromatic rings. The lowest BCUT2D eigenvalue weighted by molar-refractivity contribution is -0.131. The first-order chi connectivity index (χ1) is 8.96. The van der Waals surface area contributed by atoms with Crippen LogP contribution < -0.4 is 10.6 Å². The van der Waals surface area contributed by atoms with Crippen LogP contribution in [-0.4, -0.2) is 37.3 Å². The molecule has 112 valence electrons. The van der Waals surface area contributed by atoms with Crippen LogP contribution >= 0.6 is 0 Å². The highest BCUT2D eigenvalue weighted by Gasteiger charge is 2.40. The van der Waals surface area contributed by atoms with Crippen LogP contribution in [0.1, 0.15) is 52.9 Å². The maximum absolute atomic E-state index is 12.5. The van der Waals surface area contributed by atoms with Crippen molar-refractivity contribution in [2.45, 2.75) is 52.9 Å². The Kier molecular flexibility index (Phi) is 6.27. The third-order valence-electron chi connectivity index (χ3n) is 4.19. The normalized spacial score (nSPS) is 23.6. The summed E-state index contributed by atoms with van der Waals surface area (Å²) in [5.74, 6) is 0.205. The Morgan fingerprint density at radius 2 is 2.21 bits per heavy atom. The number of hydrogen-bond donors (Lipinski definition) is 3. The van der Waals surface area contributed by atoms with Crippen LogP contribution in [0.25, 0.3) is 0 Å². The number of rotatable bonds is 8. The summed E-state index contributed by atoms with van der Waals surface area (Å²) < 4.78 is 0. The van der Waals surface area contributed by atoms with Gasteiger partial charge >= 0.3 is 0 Å². The number of amides is 1. The van der Waals surface area contributed by atoms with Crippen LogP contribution in [0.15, 0.2) is 0 Å². The van der Waals surface area contributed by atoms with Crippen molar-refractivity contribution >= 4 is 5.91 Å². The van der Waals surface area contributed by atoms with Gasteiger partial charge in [-0.05, 0) is 37.6 Å². The first kappa shape index (κ1) is 16.4. The minimum atomic E-state index is -0.193. The largest absolute Gasteiger partial charge is 0.396 e. The van der Waals surface area contributed by atoms with E-state index in [9.17, 15) is 4.79 Å². The third-order valence-corrected chi connectivity index (χ3v) is 4.19. The average molecular weight is 270 g/mol. The summed E-state index contributed by atoms with van der Waals surface area (Å²) in [5, 5.41) is 15.4. The second kappa shape index (κ2) is 7.25. The smallest absolute Gasteiger partial charge is 0.227 e. The van der Waals surface area contributed by atoms with Gasteiger partial charge in [0.15, 0.2) is 0 Å². The van der Waals surface area contributed by atoms with Crippen molar-refractivity contribution in [2.24, 2.45) is 10.8 Å². The highest BCUT2D eigenvalue weighted by molar-refractivity contribution is 5.83. The molecule has 1 saturated heterocycles. The molecule has 0 spiro atoms. The van der Waals surface area contributed by atoms with Gasteiger partial charge in [-0.1, -0.05) is 27.2 Å². The maximum atomic E-state index is 12.5. The minimum Gasteiger partial charge on any atom is -0.396 e. The van der Waals surface area contributed by atoms with Gasteiger partial charge in [-0.2, -0.15) is 0 Å². The Bertz CT molecular complexity index is 284. The summed E-state index contributed by atoms with van der Waals surface area (Å²) in [6, 6.07) is 0. The predicted molar refractivity (Wildman–Crippen MR) is 77.9 cm³/mol. The molecule has 0 radical (unpaired) electrons. The Labute approximate surface area is 117 Å². The monoisotopic (exact) mass is 270 g/mol. The second-order valence-electron chi connectivity index (χ2n) is 6.63. The topological polar surface area (TPSA) is 61.4 Å². The molecule has 1 unspecified atom stereocenters. The Morgan fingerprint density at radius 3 is 2.74 bits per heavy atom. The van der Waals surface area contributed by atoms with E-state index in [0.29, 0.717) is 6.54 Å². The summed E-state index contributed by atoms with van der Waals surface area (Å²) in [7, 11) is 0. The van der Waals surface area contributed by atoms with Gasteiger partial charge in [0, 0.05) is 19.7 Å². The lowest BCUT2D eigenvalue weighted by Crippen LogP contribution is -2.45. The van der Waals surface area contributed by atoms with Crippen LogP contribution in [-0.2, 0) is 4.79 Å². The zero-order chi connectivity index (χ0) is 14.4. The summed E-state index contributed by atoms with van der Waals surface area (Å²) >= 11 is 0. The molecule has 1 atom stereocenters. The molecule has 1 fully saturated rings. The molecule has 0 aromatic heterocycles. The number of carbonyl (C=O) groups excluding carboxylic acids is 1. The van der Waals surface area contributed by atoms with Gasteiger partial charge in [0.25, 0.3) is 0 Å². The van der Waals surface area contributed by atoms with E-state index < -0.39 is 0 Å². The molecule has 4 heteroatoms. The maximum Gasteiger partial charge on any atom is 0.227 e. The fraction of sp³-hybridized carbons (Fsp3) is 0.933. The highest BCUT2D eigenvalue weighted by atomic mass is 16.2. The van der Waals surface area contributed by atoms with Crippen LogP contribution in [0, 0.1) is 10.8 Å². The molecule has 1 aliphatic rings. The highest BCUT2D eigenvalue weighted by Crippen LogP contribution is 2.31. The lowest BCUT2D eigenvalue weighted by Gasteiger charge is -2.30. The fourth-order valence-corrected chi connectivity index (χ4v) is 2.90. The SMILES string of the molecule is CCCC1(C(=O)NCC(C)(C)CCCO)CCNC1. The zero-order valence-corrected chi connectivity index (χ0v) is 12.7. The minimum absolute atomic E-state index is 0.0534. The van der Waals surface area contributed by atoms with E-state index in [-0.39, 0.29) is 23.3 Å². The Hall–Kier alpha value is -0.610. The van der Waals surface area contributed by atoms with E-state index in [1.807, 2.05) is 0 Å². The van der Waals surface area contributed by atoms with Crippen LogP contribution in [0.2, 0.25) is 0 Å². The predicted octanol–water partition coefficient (Wildman–Crippen LogP) is 1.68. The summed E-state index contributed by atoms with van der Waals surface area (Å²) in [6.45, 7) is 9.09. The van der Waals surface area contributed by atoms with Gasteiger partial charge in [-0.25, -0.2) is 0 Å². The molecule has 1 aliphatic heterocycles. The number of hydrogen-bond acceptors (Lipinski definition) is 3. The van der Waals surface area contributed by atoms with E-state index in [0.717, 1.165) is 45.2 Å². The van der Waals surface area contributed by atoms with Gasteiger partial charge in [0.2, 0.25) is 5.91 Å². The quantitative estimate of drug-likeness (QED) is 0.629. The van der Waals surface area contributed by atoms with E-state index in [1.54, 1.807) is 0 Å². The van der Waals surface area contributed by atoms with Gasteiger partial charge in [0.05, 0.1) is 5.41 Å². The molecule has 1 amide bonds. The average Bonchev–Trinajstić information content (AvgIpc) is 2.84. The molecule has 1 heterocycles. The lowest BCUT2D eigenvalue weighted by atomic mass is 9.80. The van der Waals surface area contributed by atoms with E-state index in [4.69, 9.17) is 5.11 Å². The van der Waals surface area contributed by atoms with Crippen molar-refractivity contribution < 1.29 is 9.90 Å². The number of aliphatic hydroxyl groups is 1. The molecular formula is C15H30N2O2. The van der Waals surface area contributed by atoms with Gasteiger partial charge in [0.1, 0.15) is 0 Å². The molecular weight excluding hydrogens is 240 g/mol. The Balaban J connectivity index is 2.49.